The number of amides is 1. The highest BCUT2D eigenvalue weighted by atomic mass is 35.5. The fourth-order valence-corrected chi connectivity index (χ4v) is 3.72. The topological polar surface area (TPSA) is 84.5 Å². The van der Waals surface area contributed by atoms with Gasteiger partial charge in [0.05, 0.1) is 38.3 Å². The lowest BCUT2D eigenvalue weighted by molar-refractivity contribution is 0.0960. The van der Waals surface area contributed by atoms with Crippen LogP contribution in [0.25, 0.3) is 0 Å². The van der Waals surface area contributed by atoms with E-state index in [1.807, 2.05) is 0 Å². The van der Waals surface area contributed by atoms with Crippen LogP contribution in [-0.2, 0) is 10.0 Å². The number of hydrogen-bond donors (Lipinski definition) is 2. The Labute approximate surface area is 160 Å². The first-order valence-corrected chi connectivity index (χ1v) is 9.38. The minimum atomic E-state index is -4.03. The normalized spacial score (nSPS) is 11.1. The van der Waals surface area contributed by atoms with Crippen molar-refractivity contribution in [2.45, 2.75) is 4.90 Å². The maximum absolute atomic E-state index is 12.6. The van der Waals surface area contributed by atoms with E-state index in [0.717, 1.165) is 0 Å². The smallest absolute Gasteiger partial charge is 0.261 e. The van der Waals surface area contributed by atoms with Crippen LogP contribution in [-0.4, -0.2) is 28.5 Å². The van der Waals surface area contributed by atoms with E-state index in [9.17, 15) is 13.2 Å². The van der Waals surface area contributed by atoms with E-state index < -0.39 is 15.9 Å². The molecule has 0 aliphatic rings. The summed E-state index contributed by atoms with van der Waals surface area (Å²) in [5.41, 5.74) is 0.140. The largest absolute Gasteiger partial charge is 0.496 e. The molecular formula is C15H13Cl3N2O4S. The summed E-state index contributed by atoms with van der Waals surface area (Å²) < 4.78 is 32.6. The van der Waals surface area contributed by atoms with Crippen LogP contribution in [0, 0.1) is 0 Å². The molecule has 6 nitrogen and oxygen atoms in total. The average Bonchev–Trinajstić information content (AvgIpc) is 2.58. The number of benzene rings is 2. The van der Waals surface area contributed by atoms with Crippen molar-refractivity contribution in [3.63, 3.8) is 0 Å². The van der Waals surface area contributed by atoms with Gasteiger partial charge in [-0.2, -0.15) is 0 Å². The summed E-state index contributed by atoms with van der Waals surface area (Å²) in [6.45, 7) is 0. The van der Waals surface area contributed by atoms with Crippen molar-refractivity contribution in [1.29, 1.82) is 0 Å². The van der Waals surface area contributed by atoms with E-state index >= 15 is 0 Å². The second-order valence-corrected chi connectivity index (χ2v) is 7.70. The van der Waals surface area contributed by atoms with Crippen LogP contribution in [0.3, 0.4) is 0 Å². The number of sulfonamides is 1. The van der Waals surface area contributed by atoms with Crippen molar-refractivity contribution < 1.29 is 17.9 Å². The van der Waals surface area contributed by atoms with Gasteiger partial charge < -0.3 is 10.1 Å². The molecule has 0 aromatic heterocycles. The predicted molar refractivity (Wildman–Crippen MR) is 98.7 cm³/mol. The summed E-state index contributed by atoms with van der Waals surface area (Å²) in [6, 6.07) is 6.51. The van der Waals surface area contributed by atoms with E-state index in [-0.39, 0.29) is 37.0 Å². The van der Waals surface area contributed by atoms with Crippen LogP contribution >= 0.6 is 34.8 Å². The lowest BCUT2D eigenvalue weighted by Gasteiger charge is -2.13. The molecule has 0 spiro atoms. The number of halogens is 3. The monoisotopic (exact) mass is 422 g/mol. The molecule has 0 atom stereocenters. The minimum Gasteiger partial charge on any atom is -0.496 e. The summed E-state index contributed by atoms with van der Waals surface area (Å²) in [7, 11) is -1.22. The van der Waals surface area contributed by atoms with E-state index in [1.165, 1.54) is 44.5 Å². The number of rotatable bonds is 5. The molecule has 25 heavy (non-hydrogen) atoms. The zero-order chi connectivity index (χ0) is 18.8. The molecule has 0 aliphatic heterocycles. The summed E-state index contributed by atoms with van der Waals surface area (Å²) in [6.07, 6.45) is 0. The zero-order valence-electron chi connectivity index (χ0n) is 13.1. The molecule has 0 saturated carbocycles. The molecule has 0 fully saturated rings. The molecule has 2 aromatic carbocycles. The van der Waals surface area contributed by atoms with E-state index in [1.54, 1.807) is 0 Å². The first-order valence-electron chi connectivity index (χ1n) is 6.77. The summed E-state index contributed by atoms with van der Waals surface area (Å²) in [5, 5.41) is 2.84. The zero-order valence-corrected chi connectivity index (χ0v) is 16.1. The Morgan fingerprint density at radius 2 is 1.68 bits per heavy atom. The number of ether oxygens (including phenoxy) is 1. The number of anilines is 1. The molecule has 0 radical (unpaired) electrons. The van der Waals surface area contributed by atoms with Crippen molar-refractivity contribution in [3.05, 3.63) is 51.0 Å². The Morgan fingerprint density at radius 3 is 2.28 bits per heavy atom. The second kappa shape index (κ2) is 7.70. The molecule has 0 saturated heterocycles. The SMILES string of the molecule is CNC(=O)c1cc(S(=O)(=O)Nc2cc(Cl)c(Cl)cc2Cl)ccc1OC. The fraction of sp³-hybridized carbons (Fsp3) is 0.133. The van der Waals surface area contributed by atoms with Crippen LogP contribution < -0.4 is 14.8 Å². The maximum Gasteiger partial charge on any atom is 0.261 e. The van der Waals surface area contributed by atoms with Crippen molar-refractivity contribution in [3.8, 4) is 5.75 Å². The van der Waals surface area contributed by atoms with Gasteiger partial charge in [-0.1, -0.05) is 34.8 Å². The summed E-state index contributed by atoms with van der Waals surface area (Å²) in [5.74, 6) is -0.243. The van der Waals surface area contributed by atoms with Gasteiger partial charge in [0, 0.05) is 7.05 Å². The van der Waals surface area contributed by atoms with Gasteiger partial charge in [0.2, 0.25) is 0 Å². The molecule has 1 amide bonds. The van der Waals surface area contributed by atoms with E-state index in [2.05, 4.69) is 10.0 Å². The molecule has 2 aromatic rings. The van der Waals surface area contributed by atoms with Gasteiger partial charge in [0.15, 0.2) is 0 Å². The molecule has 10 heteroatoms. The van der Waals surface area contributed by atoms with Gasteiger partial charge in [0.25, 0.3) is 15.9 Å². The highest BCUT2D eigenvalue weighted by Crippen LogP contribution is 2.33. The minimum absolute atomic E-state index is 0.0633. The van der Waals surface area contributed by atoms with Crippen molar-refractivity contribution in [2.24, 2.45) is 0 Å². The highest BCUT2D eigenvalue weighted by Gasteiger charge is 2.21. The van der Waals surface area contributed by atoms with Crippen molar-refractivity contribution >= 4 is 56.4 Å². The molecule has 0 heterocycles. The third-order valence-corrected chi connectivity index (χ3v) is 5.61. The van der Waals surface area contributed by atoms with Crippen molar-refractivity contribution in [2.75, 3.05) is 18.9 Å². The van der Waals surface area contributed by atoms with E-state index in [4.69, 9.17) is 39.5 Å². The van der Waals surface area contributed by atoms with Crippen LogP contribution in [0.15, 0.2) is 35.2 Å². The Bertz CT molecular complexity index is 933. The standard InChI is InChI=1S/C15H13Cl3N2O4S/c1-19-15(21)9-5-8(3-4-14(9)24-2)25(22,23)20-13-7-11(17)10(16)6-12(13)18/h3-7,20H,1-2H3,(H,19,21). The van der Waals surface area contributed by atoms with Gasteiger partial charge in [-0.05, 0) is 30.3 Å². The van der Waals surface area contributed by atoms with E-state index in [0.29, 0.717) is 0 Å². The lowest BCUT2D eigenvalue weighted by atomic mass is 10.2. The predicted octanol–water partition coefficient (Wildman–Crippen LogP) is 3.82. The maximum atomic E-state index is 12.6. The van der Waals surface area contributed by atoms with Crippen molar-refractivity contribution in [1.82, 2.24) is 5.32 Å². The Balaban J connectivity index is 2.47. The van der Waals surface area contributed by atoms with Gasteiger partial charge in [0.1, 0.15) is 5.75 Å². The highest BCUT2D eigenvalue weighted by molar-refractivity contribution is 7.92. The average molecular weight is 424 g/mol. The Morgan fingerprint density at radius 1 is 1.04 bits per heavy atom. The molecule has 0 unspecified atom stereocenters. The number of methoxy groups -OCH3 is 1. The Kier molecular flexibility index (Phi) is 6.05. The third kappa shape index (κ3) is 4.30. The van der Waals surface area contributed by atoms with Crippen LogP contribution in [0.5, 0.6) is 5.75 Å². The third-order valence-electron chi connectivity index (χ3n) is 3.21. The lowest BCUT2D eigenvalue weighted by Crippen LogP contribution is -2.20. The summed E-state index contributed by atoms with van der Waals surface area (Å²) in [4.78, 5) is 11.8. The van der Waals surface area contributed by atoms with Crippen LogP contribution in [0.2, 0.25) is 15.1 Å². The molecule has 2 N–H and O–H groups in total. The van der Waals surface area contributed by atoms with Crippen LogP contribution in [0.1, 0.15) is 10.4 Å². The second-order valence-electron chi connectivity index (χ2n) is 4.79. The number of carbonyl (C=O) groups excluding carboxylic acids is 1. The number of nitrogens with one attached hydrogen (secondary N) is 2. The van der Waals surface area contributed by atoms with Gasteiger partial charge in [-0.15, -0.1) is 0 Å². The first-order chi connectivity index (χ1) is 11.7. The van der Waals surface area contributed by atoms with Gasteiger partial charge in [-0.3, -0.25) is 9.52 Å². The number of hydrogen-bond acceptors (Lipinski definition) is 4. The molecule has 0 aliphatic carbocycles. The molecule has 2 rings (SSSR count). The fourth-order valence-electron chi connectivity index (χ4n) is 1.97. The first kappa shape index (κ1) is 19.7. The van der Waals surface area contributed by atoms with Gasteiger partial charge >= 0.3 is 0 Å². The summed E-state index contributed by atoms with van der Waals surface area (Å²) >= 11 is 17.7. The molecular weight excluding hydrogens is 411 g/mol. The molecule has 0 bridgehead atoms. The van der Waals surface area contributed by atoms with Gasteiger partial charge in [-0.25, -0.2) is 8.42 Å². The molecule has 134 valence electrons. The quantitative estimate of drug-likeness (QED) is 0.716. The number of carbonyl (C=O) groups is 1. The van der Waals surface area contributed by atoms with Crippen LogP contribution in [0.4, 0.5) is 5.69 Å². The Hall–Kier alpha value is -1.67.